The number of halogens is 2. The SMILES string of the molecule is Cc1ccc(F)cc1CNCCCCBr. The topological polar surface area (TPSA) is 12.0 Å². The summed E-state index contributed by atoms with van der Waals surface area (Å²) in [5.74, 6) is -0.155. The molecular weight excluding hydrogens is 257 g/mol. The number of hydrogen-bond donors (Lipinski definition) is 1. The molecule has 0 saturated heterocycles. The third kappa shape index (κ3) is 4.76. The molecule has 1 aromatic rings. The number of rotatable bonds is 6. The Kier molecular flexibility index (Phi) is 5.88. The molecule has 0 heterocycles. The number of nitrogens with one attached hydrogen (secondary N) is 1. The summed E-state index contributed by atoms with van der Waals surface area (Å²) in [7, 11) is 0. The second-order valence-corrected chi connectivity index (χ2v) is 4.44. The minimum Gasteiger partial charge on any atom is -0.313 e. The molecule has 0 fully saturated rings. The van der Waals surface area contributed by atoms with E-state index in [-0.39, 0.29) is 5.82 Å². The van der Waals surface area contributed by atoms with Crippen molar-refractivity contribution in [3.8, 4) is 0 Å². The van der Waals surface area contributed by atoms with E-state index in [9.17, 15) is 4.39 Å². The van der Waals surface area contributed by atoms with Crippen LogP contribution in [0.3, 0.4) is 0 Å². The van der Waals surface area contributed by atoms with Crippen LogP contribution in [0.5, 0.6) is 0 Å². The summed E-state index contributed by atoms with van der Waals surface area (Å²) >= 11 is 3.39. The first-order valence-corrected chi connectivity index (χ1v) is 6.38. The first-order valence-electron chi connectivity index (χ1n) is 5.25. The van der Waals surface area contributed by atoms with Gasteiger partial charge >= 0.3 is 0 Å². The Morgan fingerprint density at radius 1 is 1.33 bits per heavy atom. The van der Waals surface area contributed by atoms with E-state index in [2.05, 4.69) is 21.2 Å². The predicted molar refractivity (Wildman–Crippen MR) is 65.9 cm³/mol. The van der Waals surface area contributed by atoms with Crippen LogP contribution in [0.4, 0.5) is 4.39 Å². The van der Waals surface area contributed by atoms with Crippen molar-refractivity contribution in [1.82, 2.24) is 5.32 Å². The highest BCUT2D eigenvalue weighted by atomic mass is 79.9. The monoisotopic (exact) mass is 273 g/mol. The maximum atomic E-state index is 12.9. The van der Waals surface area contributed by atoms with Crippen molar-refractivity contribution in [2.24, 2.45) is 0 Å². The molecule has 0 radical (unpaired) electrons. The Bertz CT molecular complexity index is 302. The molecular formula is C12H17BrFN. The normalized spacial score (nSPS) is 10.6. The van der Waals surface area contributed by atoms with Crippen molar-refractivity contribution in [3.63, 3.8) is 0 Å². The Balaban J connectivity index is 2.33. The zero-order valence-corrected chi connectivity index (χ0v) is 10.6. The number of unbranched alkanes of at least 4 members (excludes halogenated alkanes) is 1. The van der Waals surface area contributed by atoms with Gasteiger partial charge in [0.15, 0.2) is 0 Å². The highest BCUT2D eigenvalue weighted by Crippen LogP contribution is 2.09. The quantitative estimate of drug-likeness (QED) is 0.619. The van der Waals surface area contributed by atoms with Crippen LogP contribution in [0.25, 0.3) is 0 Å². The average Bonchev–Trinajstić information content (AvgIpc) is 2.23. The van der Waals surface area contributed by atoms with Gasteiger partial charge in [0.05, 0.1) is 0 Å². The number of hydrogen-bond acceptors (Lipinski definition) is 1. The lowest BCUT2D eigenvalue weighted by atomic mass is 10.1. The van der Waals surface area contributed by atoms with Gasteiger partial charge in [0, 0.05) is 11.9 Å². The van der Waals surface area contributed by atoms with Crippen LogP contribution in [0.2, 0.25) is 0 Å². The van der Waals surface area contributed by atoms with Crippen molar-refractivity contribution >= 4 is 15.9 Å². The Morgan fingerprint density at radius 2 is 2.13 bits per heavy atom. The smallest absolute Gasteiger partial charge is 0.123 e. The summed E-state index contributed by atoms with van der Waals surface area (Å²) in [5.41, 5.74) is 2.19. The summed E-state index contributed by atoms with van der Waals surface area (Å²) in [4.78, 5) is 0. The van der Waals surface area contributed by atoms with Gasteiger partial charge in [0.25, 0.3) is 0 Å². The fourth-order valence-corrected chi connectivity index (χ4v) is 1.79. The highest BCUT2D eigenvalue weighted by Gasteiger charge is 1.99. The van der Waals surface area contributed by atoms with Gasteiger partial charge in [-0.1, -0.05) is 22.0 Å². The fraction of sp³-hybridized carbons (Fsp3) is 0.500. The van der Waals surface area contributed by atoms with Crippen LogP contribution in [-0.4, -0.2) is 11.9 Å². The number of alkyl halides is 1. The molecule has 0 aromatic heterocycles. The first kappa shape index (κ1) is 12.7. The first-order chi connectivity index (χ1) is 7.24. The van der Waals surface area contributed by atoms with E-state index in [4.69, 9.17) is 0 Å². The molecule has 0 aliphatic rings. The van der Waals surface area contributed by atoms with E-state index in [0.717, 1.165) is 36.0 Å². The second-order valence-electron chi connectivity index (χ2n) is 3.64. The summed E-state index contributed by atoms with van der Waals surface area (Å²) < 4.78 is 12.9. The largest absolute Gasteiger partial charge is 0.313 e. The lowest BCUT2D eigenvalue weighted by Gasteiger charge is -2.07. The highest BCUT2D eigenvalue weighted by molar-refractivity contribution is 9.09. The molecule has 0 atom stereocenters. The van der Waals surface area contributed by atoms with Gasteiger partial charge in [-0.2, -0.15) is 0 Å². The summed E-state index contributed by atoms with van der Waals surface area (Å²) in [6, 6.07) is 4.93. The third-order valence-corrected chi connectivity index (χ3v) is 2.92. The van der Waals surface area contributed by atoms with Crippen molar-refractivity contribution in [3.05, 3.63) is 35.1 Å². The molecule has 0 spiro atoms. The van der Waals surface area contributed by atoms with Gasteiger partial charge in [-0.15, -0.1) is 0 Å². The third-order valence-electron chi connectivity index (χ3n) is 2.36. The second kappa shape index (κ2) is 6.96. The molecule has 1 rings (SSSR count). The molecule has 0 bridgehead atoms. The van der Waals surface area contributed by atoms with Gasteiger partial charge in [0.1, 0.15) is 5.82 Å². The Hall–Kier alpha value is -0.410. The van der Waals surface area contributed by atoms with Crippen LogP contribution >= 0.6 is 15.9 Å². The van der Waals surface area contributed by atoms with Crippen LogP contribution in [0.1, 0.15) is 24.0 Å². The van der Waals surface area contributed by atoms with Crippen molar-refractivity contribution in [2.45, 2.75) is 26.3 Å². The Morgan fingerprint density at radius 3 is 2.87 bits per heavy atom. The summed E-state index contributed by atoms with van der Waals surface area (Å²) in [6.45, 7) is 3.75. The standard InChI is InChI=1S/C12H17BrFN/c1-10-4-5-12(14)8-11(10)9-15-7-3-2-6-13/h4-5,8,15H,2-3,6-7,9H2,1H3. The van der Waals surface area contributed by atoms with Crippen molar-refractivity contribution in [2.75, 3.05) is 11.9 Å². The molecule has 0 saturated carbocycles. The zero-order valence-electron chi connectivity index (χ0n) is 9.02. The summed E-state index contributed by atoms with van der Waals surface area (Å²) in [6.07, 6.45) is 2.33. The van der Waals surface area contributed by atoms with Gasteiger partial charge in [-0.05, 0) is 49.6 Å². The van der Waals surface area contributed by atoms with Crippen LogP contribution in [-0.2, 0) is 6.54 Å². The van der Waals surface area contributed by atoms with Crippen molar-refractivity contribution < 1.29 is 4.39 Å². The van der Waals surface area contributed by atoms with E-state index in [0.29, 0.717) is 0 Å². The van der Waals surface area contributed by atoms with E-state index < -0.39 is 0 Å². The van der Waals surface area contributed by atoms with Gasteiger partial charge in [-0.25, -0.2) is 4.39 Å². The minimum atomic E-state index is -0.155. The van der Waals surface area contributed by atoms with Crippen LogP contribution in [0.15, 0.2) is 18.2 Å². The van der Waals surface area contributed by atoms with E-state index in [1.165, 1.54) is 12.5 Å². The van der Waals surface area contributed by atoms with Gasteiger partial charge in [-0.3, -0.25) is 0 Å². The lowest BCUT2D eigenvalue weighted by molar-refractivity contribution is 0.613. The predicted octanol–water partition coefficient (Wildman–Crippen LogP) is 3.40. The summed E-state index contributed by atoms with van der Waals surface area (Å²) in [5, 5.41) is 4.37. The molecule has 1 aromatic carbocycles. The lowest BCUT2D eigenvalue weighted by Crippen LogP contribution is -2.15. The molecule has 1 N–H and O–H groups in total. The maximum absolute atomic E-state index is 12.9. The van der Waals surface area contributed by atoms with Gasteiger partial charge < -0.3 is 5.32 Å². The van der Waals surface area contributed by atoms with Crippen molar-refractivity contribution in [1.29, 1.82) is 0 Å². The fourth-order valence-electron chi connectivity index (χ4n) is 1.40. The molecule has 0 aliphatic carbocycles. The zero-order chi connectivity index (χ0) is 11.1. The molecule has 0 aliphatic heterocycles. The molecule has 84 valence electrons. The minimum absolute atomic E-state index is 0.155. The number of aryl methyl sites for hydroxylation is 1. The Labute approximate surface area is 99.2 Å². The molecule has 0 unspecified atom stereocenters. The molecule has 0 amide bonds. The van der Waals surface area contributed by atoms with Crippen LogP contribution < -0.4 is 5.32 Å². The van der Waals surface area contributed by atoms with Gasteiger partial charge in [0.2, 0.25) is 0 Å². The van der Waals surface area contributed by atoms with E-state index in [1.54, 1.807) is 6.07 Å². The molecule has 15 heavy (non-hydrogen) atoms. The molecule has 3 heteroatoms. The average molecular weight is 274 g/mol. The van der Waals surface area contributed by atoms with E-state index >= 15 is 0 Å². The maximum Gasteiger partial charge on any atom is 0.123 e. The number of benzene rings is 1. The van der Waals surface area contributed by atoms with Crippen LogP contribution in [0, 0.1) is 12.7 Å². The van der Waals surface area contributed by atoms with E-state index in [1.807, 2.05) is 13.0 Å². The molecule has 1 nitrogen and oxygen atoms in total.